The molecule has 0 atom stereocenters. The summed E-state index contributed by atoms with van der Waals surface area (Å²) in [6, 6.07) is 0. The first-order valence-electron chi connectivity index (χ1n) is 7.48. The lowest BCUT2D eigenvalue weighted by Gasteiger charge is -2.19. The molecule has 0 bridgehead atoms. The zero-order chi connectivity index (χ0) is 17.0. The third kappa shape index (κ3) is 15.1. The summed E-state index contributed by atoms with van der Waals surface area (Å²) in [5, 5.41) is 2.57. The minimum absolute atomic E-state index is 0.0771. The largest absolute Gasteiger partial charge is 0.464 e. The fraction of sp³-hybridized carbons (Fsp3) is 0.867. The Hall–Kier alpha value is -1.34. The topological polar surface area (TPSA) is 83.1 Å². The van der Waals surface area contributed by atoms with E-state index < -0.39 is 11.7 Å². The van der Waals surface area contributed by atoms with Crippen molar-refractivity contribution in [3.8, 4) is 0 Å². The van der Waals surface area contributed by atoms with Gasteiger partial charge in [0.05, 0.1) is 26.4 Å². The number of hydrogen-bond acceptors (Lipinski definition) is 6. The van der Waals surface area contributed by atoms with E-state index in [0.29, 0.717) is 38.9 Å². The molecule has 0 saturated heterocycles. The average Bonchev–Trinajstić information content (AvgIpc) is 2.37. The van der Waals surface area contributed by atoms with E-state index in [1.54, 1.807) is 20.8 Å². The van der Waals surface area contributed by atoms with Gasteiger partial charge in [-0.2, -0.15) is 0 Å². The van der Waals surface area contributed by atoms with E-state index in [-0.39, 0.29) is 12.6 Å². The Morgan fingerprint density at radius 2 is 1.68 bits per heavy atom. The molecule has 0 fully saturated rings. The van der Waals surface area contributed by atoms with Crippen LogP contribution in [0.1, 0.15) is 34.6 Å². The highest BCUT2D eigenvalue weighted by molar-refractivity contribution is 5.70. The first kappa shape index (κ1) is 20.7. The molecule has 0 radical (unpaired) electrons. The van der Waals surface area contributed by atoms with Crippen molar-refractivity contribution in [1.29, 1.82) is 0 Å². The van der Waals surface area contributed by atoms with Crippen molar-refractivity contribution in [2.75, 3.05) is 39.6 Å². The van der Waals surface area contributed by atoms with Crippen LogP contribution in [0.25, 0.3) is 0 Å². The van der Waals surface area contributed by atoms with E-state index >= 15 is 0 Å². The van der Waals surface area contributed by atoms with Gasteiger partial charge in [-0.3, -0.25) is 0 Å². The predicted molar refractivity (Wildman–Crippen MR) is 81.7 cm³/mol. The van der Waals surface area contributed by atoms with Crippen LogP contribution >= 0.6 is 0 Å². The molecule has 0 rings (SSSR count). The van der Waals surface area contributed by atoms with Gasteiger partial charge < -0.3 is 24.3 Å². The molecule has 7 heteroatoms. The van der Waals surface area contributed by atoms with Crippen LogP contribution < -0.4 is 5.32 Å². The van der Waals surface area contributed by atoms with E-state index in [4.69, 9.17) is 18.9 Å². The lowest BCUT2D eigenvalue weighted by Crippen LogP contribution is -2.34. The fourth-order valence-electron chi connectivity index (χ4n) is 1.22. The molecule has 0 unspecified atom stereocenters. The number of ether oxygens (including phenoxy) is 4. The monoisotopic (exact) mass is 319 g/mol. The highest BCUT2D eigenvalue weighted by Crippen LogP contribution is 2.05. The van der Waals surface area contributed by atoms with Crippen molar-refractivity contribution < 1.29 is 28.5 Å². The Balaban J connectivity index is 3.37. The van der Waals surface area contributed by atoms with Crippen molar-refractivity contribution >= 4 is 12.1 Å². The lowest BCUT2D eigenvalue weighted by molar-refractivity contribution is -0.150. The van der Waals surface area contributed by atoms with Crippen molar-refractivity contribution in [3.05, 3.63) is 0 Å². The third-order valence-electron chi connectivity index (χ3n) is 2.08. The molecule has 0 saturated carbocycles. The standard InChI is InChI=1S/C15H29NO6/c1-12(2)10-21-13(17)11-20-9-8-19-7-6-16-14(18)22-15(3,4)5/h12H,6-11H2,1-5H3,(H,16,18). The Morgan fingerprint density at radius 3 is 2.27 bits per heavy atom. The molecular formula is C15H29NO6. The van der Waals surface area contributed by atoms with Gasteiger partial charge in [0.15, 0.2) is 0 Å². The second-order valence-electron chi connectivity index (χ2n) is 6.17. The van der Waals surface area contributed by atoms with Crippen molar-refractivity contribution in [2.24, 2.45) is 5.92 Å². The Bertz CT molecular complexity index is 324. The zero-order valence-corrected chi connectivity index (χ0v) is 14.3. The quantitative estimate of drug-likeness (QED) is 0.488. The lowest BCUT2D eigenvalue weighted by atomic mass is 10.2. The van der Waals surface area contributed by atoms with E-state index in [1.165, 1.54) is 0 Å². The third-order valence-corrected chi connectivity index (χ3v) is 2.08. The number of nitrogens with one attached hydrogen (secondary N) is 1. The fourth-order valence-corrected chi connectivity index (χ4v) is 1.22. The number of rotatable bonds is 10. The Morgan fingerprint density at radius 1 is 1.05 bits per heavy atom. The summed E-state index contributed by atoms with van der Waals surface area (Å²) in [6.45, 7) is 11.0. The van der Waals surface area contributed by atoms with Gasteiger partial charge >= 0.3 is 12.1 Å². The van der Waals surface area contributed by atoms with Crippen LogP contribution in [0.3, 0.4) is 0 Å². The first-order chi connectivity index (χ1) is 10.2. The van der Waals surface area contributed by atoms with E-state index in [0.717, 1.165) is 0 Å². The summed E-state index contributed by atoms with van der Waals surface area (Å²) < 4.78 is 20.4. The molecule has 1 N–H and O–H groups in total. The zero-order valence-electron chi connectivity index (χ0n) is 14.3. The number of alkyl carbamates (subject to hydrolysis) is 1. The molecule has 0 aliphatic carbocycles. The molecule has 0 aromatic rings. The summed E-state index contributed by atoms with van der Waals surface area (Å²) in [6.07, 6.45) is -0.472. The minimum Gasteiger partial charge on any atom is -0.464 e. The molecule has 0 aromatic heterocycles. The molecular weight excluding hydrogens is 290 g/mol. The second kappa shape index (κ2) is 11.3. The summed E-state index contributed by atoms with van der Waals surface area (Å²) >= 11 is 0. The molecule has 22 heavy (non-hydrogen) atoms. The van der Waals surface area contributed by atoms with E-state index in [9.17, 15) is 9.59 Å². The summed E-state index contributed by atoms with van der Waals surface area (Å²) in [7, 11) is 0. The Kier molecular flexibility index (Phi) is 10.6. The summed E-state index contributed by atoms with van der Waals surface area (Å²) in [4.78, 5) is 22.5. The van der Waals surface area contributed by atoms with Gasteiger partial charge in [0, 0.05) is 6.54 Å². The van der Waals surface area contributed by atoms with Crippen LogP contribution in [-0.2, 0) is 23.7 Å². The predicted octanol–water partition coefficient (Wildman–Crippen LogP) is 1.74. The summed E-state index contributed by atoms with van der Waals surface area (Å²) in [5.41, 5.74) is -0.511. The van der Waals surface area contributed by atoms with E-state index in [1.807, 2.05) is 13.8 Å². The van der Waals surface area contributed by atoms with Gasteiger partial charge in [-0.25, -0.2) is 9.59 Å². The maximum atomic E-state index is 11.3. The van der Waals surface area contributed by atoms with Gasteiger partial charge in [-0.15, -0.1) is 0 Å². The van der Waals surface area contributed by atoms with Crippen LogP contribution in [0.5, 0.6) is 0 Å². The normalized spacial score (nSPS) is 11.4. The van der Waals surface area contributed by atoms with Crippen LogP contribution in [0, 0.1) is 5.92 Å². The van der Waals surface area contributed by atoms with Crippen molar-refractivity contribution in [3.63, 3.8) is 0 Å². The molecule has 0 spiro atoms. The van der Waals surface area contributed by atoms with Crippen molar-refractivity contribution in [1.82, 2.24) is 5.32 Å². The van der Waals surface area contributed by atoms with Crippen LogP contribution in [0.4, 0.5) is 4.79 Å². The van der Waals surface area contributed by atoms with Gasteiger partial charge in [0.25, 0.3) is 0 Å². The van der Waals surface area contributed by atoms with Gasteiger partial charge in [-0.05, 0) is 26.7 Å². The number of amides is 1. The smallest absolute Gasteiger partial charge is 0.407 e. The molecule has 0 aliphatic heterocycles. The Labute approximate surface area is 132 Å². The number of carbonyl (C=O) groups is 2. The van der Waals surface area contributed by atoms with Crippen LogP contribution in [-0.4, -0.2) is 57.2 Å². The minimum atomic E-state index is -0.511. The maximum absolute atomic E-state index is 11.3. The summed E-state index contributed by atoms with van der Waals surface area (Å²) in [5.74, 6) is -0.0648. The number of hydrogen-bond donors (Lipinski definition) is 1. The molecule has 7 nitrogen and oxygen atoms in total. The number of esters is 1. The van der Waals surface area contributed by atoms with Crippen LogP contribution in [0.2, 0.25) is 0 Å². The van der Waals surface area contributed by atoms with Crippen molar-refractivity contribution in [2.45, 2.75) is 40.2 Å². The molecule has 0 aromatic carbocycles. The number of carbonyl (C=O) groups excluding carboxylic acids is 2. The van der Waals surface area contributed by atoms with Gasteiger partial charge in [0.1, 0.15) is 12.2 Å². The highest BCUT2D eigenvalue weighted by Gasteiger charge is 2.15. The average molecular weight is 319 g/mol. The van der Waals surface area contributed by atoms with E-state index in [2.05, 4.69) is 5.32 Å². The highest BCUT2D eigenvalue weighted by atomic mass is 16.6. The molecule has 1 amide bonds. The molecule has 0 heterocycles. The maximum Gasteiger partial charge on any atom is 0.407 e. The van der Waals surface area contributed by atoms with Crippen LogP contribution in [0.15, 0.2) is 0 Å². The first-order valence-corrected chi connectivity index (χ1v) is 7.48. The van der Waals surface area contributed by atoms with Gasteiger partial charge in [0.2, 0.25) is 0 Å². The second-order valence-corrected chi connectivity index (χ2v) is 6.17. The molecule has 0 aliphatic rings. The SMILES string of the molecule is CC(C)COC(=O)COCCOCCNC(=O)OC(C)(C)C. The van der Waals surface area contributed by atoms with Gasteiger partial charge in [-0.1, -0.05) is 13.8 Å². The molecule has 130 valence electrons.